The highest BCUT2D eigenvalue weighted by Gasteiger charge is 2.27. The van der Waals surface area contributed by atoms with Gasteiger partial charge in [0.25, 0.3) is 0 Å². The Balaban J connectivity index is 1.81. The first-order valence-electron chi connectivity index (χ1n) is 6.70. The maximum Gasteiger partial charge on any atom is 0.232 e. The van der Waals surface area contributed by atoms with Crippen molar-refractivity contribution >= 4 is 22.9 Å². The number of thiophene rings is 1. The summed E-state index contributed by atoms with van der Waals surface area (Å²) in [6.45, 7) is -0.105. The topological polar surface area (TPSA) is 62.2 Å². The van der Waals surface area contributed by atoms with Gasteiger partial charge in [0.05, 0.1) is 24.4 Å². The molecule has 0 aromatic carbocycles. The number of aliphatic hydroxyl groups is 1. The van der Waals surface area contributed by atoms with Gasteiger partial charge in [0, 0.05) is 16.6 Å². The maximum absolute atomic E-state index is 12.5. The lowest BCUT2D eigenvalue weighted by atomic mass is 9.87. The van der Waals surface area contributed by atoms with Crippen LogP contribution in [-0.4, -0.2) is 16.0 Å². The Bertz CT molecular complexity index is 624. The number of nitrogens with one attached hydrogen (secondary N) is 1. The van der Waals surface area contributed by atoms with Crippen LogP contribution in [0.2, 0.25) is 0 Å². The summed E-state index contributed by atoms with van der Waals surface area (Å²) in [4.78, 5) is 17.8. The fraction of sp³-hybridized carbons (Fsp3) is 0.333. The van der Waals surface area contributed by atoms with Crippen LogP contribution in [0.25, 0.3) is 0 Å². The fourth-order valence-corrected chi connectivity index (χ4v) is 3.64. The summed E-state index contributed by atoms with van der Waals surface area (Å²) in [7, 11) is 0. The third-order valence-corrected chi connectivity index (χ3v) is 4.70. The summed E-state index contributed by atoms with van der Waals surface area (Å²) in [5, 5.41) is 14.2. The van der Waals surface area contributed by atoms with Gasteiger partial charge in [-0.05, 0) is 42.3 Å². The largest absolute Gasteiger partial charge is 0.392 e. The standard InChI is InChI=1S/C15H16N2O2S/c18-9-10-4-6-16-8-13(10)17-15(19)12-2-1-3-14-11(12)5-7-20-14/h4-8,12,18H,1-3,9H2,(H,17,19). The molecule has 1 aliphatic carbocycles. The lowest BCUT2D eigenvalue weighted by Crippen LogP contribution is -2.24. The van der Waals surface area contributed by atoms with Gasteiger partial charge in [-0.15, -0.1) is 11.3 Å². The predicted octanol–water partition coefficient (Wildman–Crippen LogP) is 2.69. The summed E-state index contributed by atoms with van der Waals surface area (Å²) in [5.41, 5.74) is 2.45. The average Bonchev–Trinajstić information content (AvgIpc) is 2.96. The molecule has 0 radical (unpaired) electrons. The van der Waals surface area contributed by atoms with Crippen molar-refractivity contribution in [2.75, 3.05) is 5.32 Å². The monoisotopic (exact) mass is 288 g/mol. The second-order valence-electron chi connectivity index (χ2n) is 4.92. The van der Waals surface area contributed by atoms with Crippen molar-refractivity contribution in [1.29, 1.82) is 0 Å². The van der Waals surface area contributed by atoms with Gasteiger partial charge in [0.2, 0.25) is 5.91 Å². The van der Waals surface area contributed by atoms with E-state index < -0.39 is 0 Å². The van der Waals surface area contributed by atoms with Crippen molar-refractivity contribution < 1.29 is 9.90 Å². The third-order valence-electron chi connectivity index (χ3n) is 3.71. The van der Waals surface area contributed by atoms with E-state index in [-0.39, 0.29) is 18.4 Å². The van der Waals surface area contributed by atoms with Crippen molar-refractivity contribution in [3.8, 4) is 0 Å². The van der Waals surface area contributed by atoms with Crippen LogP contribution in [0.15, 0.2) is 29.9 Å². The molecule has 1 atom stereocenters. The molecule has 3 rings (SSSR count). The second-order valence-corrected chi connectivity index (χ2v) is 5.92. The molecular weight excluding hydrogens is 272 g/mol. The minimum atomic E-state index is -0.105. The Labute approximate surface area is 121 Å². The van der Waals surface area contributed by atoms with E-state index in [4.69, 9.17) is 0 Å². The highest BCUT2D eigenvalue weighted by Crippen LogP contribution is 2.35. The van der Waals surface area contributed by atoms with Crippen LogP contribution in [-0.2, 0) is 17.8 Å². The minimum absolute atomic E-state index is 0.00736. The Morgan fingerprint density at radius 2 is 2.40 bits per heavy atom. The van der Waals surface area contributed by atoms with Gasteiger partial charge >= 0.3 is 0 Å². The van der Waals surface area contributed by atoms with Crippen molar-refractivity contribution in [2.45, 2.75) is 31.8 Å². The molecule has 104 valence electrons. The number of nitrogens with zero attached hydrogens (tertiary/aromatic N) is 1. The van der Waals surface area contributed by atoms with E-state index >= 15 is 0 Å². The van der Waals surface area contributed by atoms with Crippen molar-refractivity contribution in [3.05, 3.63) is 45.9 Å². The number of hydrogen-bond donors (Lipinski definition) is 2. The van der Waals surface area contributed by atoms with Gasteiger partial charge in [0.1, 0.15) is 0 Å². The number of hydrogen-bond acceptors (Lipinski definition) is 4. The zero-order valence-electron chi connectivity index (χ0n) is 11.0. The van der Waals surface area contributed by atoms with Crippen LogP contribution in [0.5, 0.6) is 0 Å². The fourth-order valence-electron chi connectivity index (χ4n) is 2.65. The van der Waals surface area contributed by atoms with E-state index in [1.165, 1.54) is 4.88 Å². The number of carbonyl (C=O) groups is 1. The van der Waals surface area contributed by atoms with Crippen LogP contribution in [0.3, 0.4) is 0 Å². The molecule has 4 nitrogen and oxygen atoms in total. The highest BCUT2D eigenvalue weighted by molar-refractivity contribution is 7.10. The lowest BCUT2D eigenvalue weighted by molar-refractivity contribution is -0.117. The molecule has 0 aliphatic heterocycles. The van der Waals surface area contributed by atoms with E-state index in [9.17, 15) is 9.90 Å². The SMILES string of the molecule is O=C(Nc1cnccc1CO)C1CCCc2sccc21. The number of aryl methyl sites for hydroxylation is 1. The van der Waals surface area contributed by atoms with E-state index in [1.807, 2.05) is 0 Å². The normalized spacial score (nSPS) is 17.6. The summed E-state index contributed by atoms with van der Waals surface area (Å²) in [6.07, 6.45) is 6.20. The number of aliphatic hydroxyl groups excluding tert-OH is 1. The number of aromatic nitrogens is 1. The smallest absolute Gasteiger partial charge is 0.232 e. The Morgan fingerprint density at radius 3 is 3.25 bits per heavy atom. The van der Waals surface area contributed by atoms with Gasteiger partial charge < -0.3 is 10.4 Å². The Hall–Kier alpha value is -1.72. The molecule has 5 heteroatoms. The number of carbonyl (C=O) groups excluding carboxylic acids is 1. The zero-order chi connectivity index (χ0) is 13.9. The molecule has 2 heterocycles. The number of anilines is 1. The average molecular weight is 288 g/mol. The first-order chi connectivity index (χ1) is 9.79. The minimum Gasteiger partial charge on any atom is -0.392 e. The van der Waals surface area contributed by atoms with E-state index in [2.05, 4.69) is 21.7 Å². The molecule has 0 bridgehead atoms. The van der Waals surface area contributed by atoms with Crippen LogP contribution in [0.1, 0.15) is 34.8 Å². The molecule has 0 spiro atoms. The molecule has 2 N–H and O–H groups in total. The number of rotatable bonds is 3. The van der Waals surface area contributed by atoms with Crippen molar-refractivity contribution in [3.63, 3.8) is 0 Å². The summed E-state index contributed by atoms with van der Waals surface area (Å²) in [6, 6.07) is 3.77. The zero-order valence-corrected chi connectivity index (χ0v) is 11.8. The first kappa shape index (κ1) is 13.3. The van der Waals surface area contributed by atoms with Crippen LogP contribution < -0.4 is 5.32 Å². The van der Waals surface area contributed by atoms with E-state index in [1.54, 1.807) is 29.8 Å². The second kappa shape index (κ2) is 5.73. The molecule has 0 saturated heterocycles. The molecule has 0 fully saturated rings. The first-order valence-corrected chi connectivity index (χ1v) is 7.58. The maximum atomic E-state index is 12.5. The van der Waals surface area contributed by atoms with Crippen molar-refractivity contribution in [2.24, 2.45) is 0 Å². The molecule has 20 heavy (non-hydrogen) atoms. The number of amides is 1. The van der Waals surface area contributed by atoms with Crippen LogP contribution >= 0.6 is 11.3 Å². The van der Waals surface area contributed by atoms with Crippen LogP contribution in [0.4, 0.5) is 5.69 Å². The lowest BCUT2D eigenvalue weighted by Gasteiger charge is -2.22. The van der Waals surface area contributed by atoms with Gasteiger partial charge in [0.15, 0.2) is 0 Å². The summed E-state index contributed by atoms with van der Waals surface area (Å²) >= 11 is 1.73. The predicted molar refractivity (Wildman–Crippen MR) is 78.8 cm³/mol. The summed E-state index contributed by atoms with van der Waals surface area (Å²) < 4.78 is 0. The number of pyridine rings is 1. The number of fused-ring (bicyclic) bond motifs is 1. The molecule has 1 amide bonds. The summed E-state index contributed by atoms with van der Waals surface area (Å²) in [5.74, 6) is -0.0937. The van der Waals surface area contributed by atoms with E-state index in [0.29, 0.717) is 11.3 Å². The highest BCUT2D eigenvalue weighted by atomic mass is 32.1. The third kappa shape index (κ3) is 2.46. The molecule has 2 aromatic heterocycles. The van der Waals surface area contributed by atoms with Gasteiger partial charge in [-0.25, -0.2) is 0 Å². The van der Waals surface area contributed by atoms with Gasteiger partial charge in [-0.1, -0.05) is 0 Å². The molecule has 0 saturated carbocycles. The van der Waals surface area contributed by atoms with Crippen LogP contribution in [0, 0.1) is 0 Å². The Kier molecular flexibility index (Phi) is 3.80. The molecule has 1 aliphatic rings. The molecular formula is C15H16N2O2S. The quantitative estimate of drug-likeness (QED) is 0.913. The Morgan fingerprint density at radius 1 is 1.50 bits per heavy atom. The van der Waals surface area contributed by atoms with Crippen molar-refractivity contribution in [1.82, 2.24) is 4.98 Å². The molecule has 1 unspecified atom stereocenters. The van der Waals surface area contributed by atoms with Gasteiger partial charge in [-0.3, -0.25) is 9.78 Å². The van der Waals surface area contributed by atoms with E-state index in [0.717, 1.165) is 24.8 Å². The van der Waals surface area contributed by atoms with Gasteiger partial charge in [-0.2, -0.15) is 0 Å². The molecule has 2 aromatic rings.